The summed E-state index contributed by atoms with van der Waals surface area (Å²) in [5, 5.41) is 10.6. The Hall–Kier alpha value is -3.11. The first-order valence-electron chi connectivity index (χ1n) is 14.8. The summed E-state index contributed by atoms with van der Waals surface area (Å²) in [6.45, 7) is 9.81. The summed E-state index contributed by atoms with van der Waals surface area (Å²) in [4.78, 5) is 28.6. The average Bonchev–Trinajstić information content (AvgIpc) is 3.31. The van der Waals surface area contributed by atoms with Crippen LogP contribution in [-0.2, 0) is 25.2 Å². The molecule has 0 bridgehead atoms. The van der Waals surface area contributed by atoms with Crippen molar-refractivity contribution in [2.24, 2.45) is 11.3 Å². The van der Waals surface area contributed by atoms with Gasteiger partial charge in [-0.3, -0.25) is 4.79 Å². The van der Waals surface area contributed by atoms with E-state index in [1.807, 2.05) is 52.0 Å². The third-order valence-electron chi connectivity index (χ3n) is 8.70. The molecular weight excluding hydrogens is 563 g/mol. The maximum atomic E-state index is 14.2. The summed E-state index contributed by atoms with van der Waals surface area (Å²) >= 11 is 0. The summed E-state index contributed by atoms with van der Waals surface area (Å²) in [7, 11) is 1.40. The highest BCUT2D eigenvalue weighted by molar-refractivity contribution is 5.88. The quantitative estimate of drug-likeness (QED) is 0.357. The van der Waals surface area contributed by atoms with E-state index in [9.17, 15) is 27.9 Å². The minimum Gasteiger partial charge on any atom is -0.496 e. The summed E-state index contributed by atoms with van der Waals surface area (Å²) < 4.78 is 58.6. The third-order valence-corrected chi connectivity index (χ3v) is 8.70. The molecule has 0 saturated carbocycles. The highest BCUT2D eigenvalue weighted by atomic mass is 19.4. The van der Waals surface area contributed by atoms with Gasteiger partial charge in [-0.05, 0) is 66.5 Å². The molecule has 43 heavy (non-hydrogen) atoms. The highest BCUT2D eigenvalue weighted by Crippen LogP contribution is 2.51. The number of rotatable bonds is 8. The predicted molar refractivity (Wildman–Crippen MR) is 155 cm³/mol. The summed E-state index contributed by atoms with van der Waals surface area (Å²) in [6, 6.07) is 8.88. The Kier molecular flexibility index (Phi) is 9.81. The fourth-order valence-electron chi connectivity index (χ4n) is 6.58. The molecule has 0 radical (unpaired) electrons. The average molecular weight is 606 g/mol. The van der Waals surface area contributed by atoms with E-state index in [-0.39, 0.29) is 12.5 Å². The van der Waals surface area contributed by atoms with Gasteiger partial charge in [-0.1, -0.05) is 52.0 Å². The monoisotopic (exact) mass is 605 g/mol. The van der Waals surface area contributed by atoms with E-state index in [1.165, 1.54) is 18.1 Å². The molecule has 1 amide bonds. The standard InChI is InChI=1S/C33H42F3NO6/c1-19-11-7-8-12-22(19)27-29(43-18-20(2)23-17-21(33(34,35)36)14-15-24(23)41-6)26(32(3,4)5)28(31(39)40)37(27)30(38)25-13-9-10-16-42-25/h7-8,11-12,14-15,17,20,25-29H,9-10,13,16,18H2,1-6H3,(H,39,40)/t20-,25+,26-,27+,28+,29+/m1/s1. The minimum absolute atomic E-state index is 0.0222. The molecule has 2 aromatic carbocycles. The number of hydrogen-bond donors (Lipinski definition) is 1. The molecule has 10 heteroatoms. The smallest absolute Gasteiger partial charge is 0.416 e. The Balaban J connectivity index is 1.79. The molecule has 2 fully saturated rings. The Labute approximate surface area is 251 Å². The number of carbonyl (C=O) groups is 2. The fraction of sp³-hybridized carbons (Fsp3) is 0.576. The molecule has 2 heterocycles. The van der Waals surface area contributed by atoms with Gasteiger partial charge in [-0.15, -0.1) is 0 Å². The molecule has 0 unspecified atom stereocenters. The number of aryl methyl sites for hydroxylation is 1. The van der Waals surface area contributed by atoms with Crippen LogP contribution in [0.5, 0.6) is 5.75 Å². The van der Waals surface area contributed by atoms with Crippen molar-refractivity contribution in [3.63, 3.8) is 0 Å². The second kappa shape index (κ2) is 12.9. The topological polar surface area (TPSA) is 85.3 Å². The van der Waals surface area contributed by atoms with Crippen LogP contribution >= 0.6 is 0 Å². The number of carboxylic acids is 1. The number of benzene rings is 2. The lowest BCUT2D eigenvalue weighted by Crippen LogP contribution is -2.51. The lowest BCUT2D eigenvalue weighted by molar-refractivity contribution is -0.159. The third kappa shape index (κ3) is 6.85. The van der Waals surface area contributed by atoms with Crippen LogP contribution in [0.15, 0.2) is 42.5 Å². The van der Waals surface area contributed by atoms with Crippen LogP contribution in [-0.4, -0.2) is 60.5 Å². The van der Waals surface area contributed by atoms with Crippen molar-refractivity contribution in [2.75, 3.05) is 20.3 Å². The number of amides is 1. The molecule has 4 rings (SSSR count). The van der Waals surface area contributed by atoms with Crippen molar-refractivity contribution >= 4 is 11.9 Å². The predicted octanol–water partition coefficient (Wildman–Crippen LogP) is 6.78. The van der Waals surface area contributed by atoms with E-state index >= 15 is 0 Å². The van der Waals surface area contributed by atoms with Gasteiger partial charge in [-0.25, -0.2) is 4.79 Å². The number of carbonyl (C=O) groups excluding carboxylic acids is 1. The number of alkyl halides is 3. The first-order chi connectivity index (χ1) is 20.2. The molecule has 2 aliphatic rings. The molecule has 6 atom stereocenters. The number of nitrogens with zero attached hydrogens (tertiary/aromatic N) is 1. The van der Waals surface area contributed by atoms with Gasteiger partial charge in [0, 0.05) is 18.4 Å². The number of methoxy groups -OCH3 is 1. The SMILES string of the molecule is COc1ccc(C(F)(F)F)cc1[C@H](C)CO[C@H]1[C@H](C(C)(C)C)[C@@H](C(=O)O)N(C(=O)[C@@H]2CCCCO2)[C@H]1c1ccccc1C. The number of ether oxygens (including phenoxy) is 3. The van der Waals surface area contributed by atoms with Crippen LogP contribution in [0.2, 0.25) is 0 Å². The zero-order chi connectivity index (χ0) is 31.7. The van der Waals surface area contributed by atoms with Gasteiger partial charge in [0.2, 0.25) is 0 Å². The Morgan fingerprint density at radius 3 is 2.37 bits per heavy atom. The van der Waals surface area contributed by atoms with Crippen LogP contribution in [0.25, 0.3) is 0 Å². The first-order valence-corrected chi connectivity index (χ1v) is 14.8. The molecule has 1 N–H and O–H groups in total. The Morgan fingerprint density at radius 2 is 1.81 bits per heavy atom. The van der Waals surface area contributed by atoms with Crippen LogP contribution in [0.4, 0.5) is 13.2 Å². The summed E-state index contributed by atoms with van der Waals surface area (Å²) in [6.07, 6.45) is -3.92. The normalized spacial score (nSPS) is 25.4. The van der Waals surface area contributed by atoms with Crippen molar-refractivity contribution in [1.29, 1.82) is 0 Å². The maximum absolute atomic E-state index is 14.2. The lowest BCUT2D eigenvalue weighted by Gasteiger charge is -2.35. The number of hydrogen-bond acceptors (Lipinski definition) is 5. The number of aliphatic carboxylic acids is 1. The Morgan fingerprint density at radius 1 is 1.12 bits per heavy atom. The van der Waals surface area contributed by atoms with E-state index in [4.69, 9.17) is 14.2 Å². The summed E-state index contributed by atoms with van der Waals surface area (Å²) in [5.74, 6) is -2.40. The maximum Gasteiger partial charge on any atom is 0.416 e. The molecular formula is C33H42F3NO6. The van der Waals surface area contributed by atoms with Gasteiger partial charge in [0.25, 0.3) is 5.91 Å². The second-order valence-corrected chi connectivity index (χ2v) is 12.7. The molecule has 0 aromatic heterocycles. The number of carboxylic acid groups (broad SMARTS) is 1. The number of likely N-dealkylation sites (tertiary alicyclic amines) is 1. The van der Waals surface area contributed by atoms with Gasteiger partial charge in [0.05, 0.1) is 31.4 Å². The molecule has 236 valence electrons. The van der Waals surface area contributed by atoms with Crippen molar-refractivity contribution in [3.05, 3.63) is 64.7 Å². The van der Waals surface area contributed by atoms with Crippen LogP contribution < -0.4 is 4.74 Å². The molecule has 2 saturated heterocycles. The van der Waals surface area contributed by atoms with Crippen molar-refractivity contribution in [1.82, 2.24) is 4.90 Å². The van der Waals surface area contributed by atoms with Gasteiger partial charge in [0.1, 0.15) is 17.9 Å². The van der Waals surface area contributed by atoms with Gasteiger partial charge in [-0.2, -0.15) is 13.2 Å². The van der Waals surface area contributed by atoms with Gasteiger partial charge < -0.3 is 24.2 Å². The highest BCUT2D eigenvalue weighted by Gasteiger charge is 2.59. The summed E-state index contributed by atoms with van der Waals surface area (Å²) in [5.41, 5.74) is 0.549. The Bertz CT molecular complexity index is 1300. The van der Waals surface area contributed by atoms with E-state index < -0.39 is 59.3 Å². The van der Waals surface area contributed by atoms with Crippen molar-refractivity contribution < 1.29 is 42.1 Å². The van der Waals surface area contributed by atoms with E-state index in [0.717, 1.165) is 36.1 Å². The van der Waals surface area contributed by atoms with Crippen LogP contribution in [0.1, 0.15) is 81.2 Å². The van der Waals surface area contributed by atoms with E-state index in [2.05, 4.69) is 0 Å². The lowest BCUT2D eigenvalue weighted by atomic mass is 9.73. The van der Waals surface area contributed by atoms with E-state index in [0.29, 0.717) is 24.3 Å². The van der Waals surface area contributed by atoms with Crippen molar-refractivity contribution in [2.45, 2.75) is 90.3 Å². The van der Waals surface area contributed by atoms with Crippen molar-refractivity contribution in [3.8, 4) is 5.75 Å². The fourth-order valence-corrected chi connectivity index (χ4v) is 6.58. The number of halogens is 3. The van der Waals surface area contributed by atoms with Crippen LogP contribution in [0, 0.1) is 18.3 Å². The van der Waals surface area contributed by atoms with Gasteiger partial charge >= 0.3 is 12.1 Å². The molecule has 2 aliphatic heterocycles. The first kappa shape index (κ1) is 32.8. The van der Waals surface area contributed by atoms with Crippen LogP contribution in [0.3, 0.4) is 0 Å². The minimum atomic E-state index is -4.53. The zero-order valence-corrected chi connectivity index (χ0v) is 25.6. The molecule has 7 nitrogen and oxygen atoms in total. The largest absolute Gasteiger partial charge is 0.496 e. The second-order valence-electron chi connectivity index (χ2n) is 12.7. The molecule has 0 spiro atoms. The molecule has 0 aliphatic carbocycles. The molecule has 2 aromatic rings. The zero-order valence-electron chi connectivity index (χ0n) is 25.6. The van der Waals surface area contributed by atoms with E-state index in [1.54, 1.807) is 6.92 Å². The van der Waals surface area contributed by atoms with Gasteiger partial charge in [0.15, 0.2) is 0 Å².